The molecule has 0 spiro atoms. The standard InChI is InChI=1S/C23H25N3O4S/c1-3-30-22(29)17-9-11-18(12-10-17)24-20(27)15-19-21(28)25(2)23(31)26(19)14-13-16-7-5-4-6-8-16/h4-12,19H,3,13-15H2,1-2H3,(H,24,27)/t19-/m1/s1. The lowest BCUT2D eigenvalue weighted by Crippen LogP contribution is -2.39. The Balaban J connectivity index is 1.63. The molecular formula is C23H25N3O4S. The Labute approximate surface area is 187 Å². The number of carbonyl (C=O) groups is 3. The molecule has 31 heavy (non-hydrogen) atoms. The number of hydrogen-bond acceptors (Lipinski definition) is 5. The Morgan fingerprint density at radius 1 is 1.10 bits per heavy atom. The molecule has 0 saturated carbocycles. The summed E-state index contributed by atoms with van der Waals surface area (Å²) < 4.78 is 4.95. The number of carbonyl (C=O) groups excluding carboxylic acids is 3. The van der Waals surface area contributed by atoms with Crippen LogP contribution in [0.15, 0.2) is 54.6 Å². The number of likely N-dealkylation sites (N-methyl/N-ethyl adjacent to an activating group) is 1. The monoisotopic (exact) mass is 439 g/mol. The van der Waals surface area contributed by atoms with E-state index >= 15 is 0 Å². The molecule has 1 aliphatic heterocycles. The SMILES string of the molecule is CCOC(=O)c1ccc(NC(=O)C[C@@H]2C(=O)N(C)C(=S)N2CCc2ccccc2)cc1. The second kappa shape index (κ2) is 10.2. The third-order valence-electron chi connectivity index (χ3n) is 5.07. The zero-order chi connectivity index (χ0) is 22.4. The minimum absolute atomic E-state index is 0.0161. The van der Waals surface area contributed by atoms with Crippen LogP contribution in [-0.2, 0) is 20.7 Å². The van der Waals surface area contributed by atoms with Crippen molar-refractivity contribution in [1.82, 2.24) is 9.80 Å². The maximum absolute atomic E-state index is 12.7. The molecular weight excluding hydrogens is 414 g/mol. The highest BCUT2D eigenvalue weighted by Crippen LogP contribution is 2.21. The summed E-state index contributed by atoms with van der Waals surface area (Å²) in [5.74, 6) is -0.904. The van der Waals surface area contributed by atoms with Crippen molar-refractivity contribution < 1.29 is 19.1 Å². The fourth-order valence-corrected chi connectivity index (χ4v) is 3.72. The first kappa shape index (κ1) is 22.4. The molecule has 3 rings (SSSR count). The summed E-state index contributed by atoms with van der Waals surface area (Å²) in [6.45, 7) is 2.58. The van der Waals surface area contributed by atoms with Gasteiger partial charge in [-0.05, 0) is 55.4 Å². The van der Waals surface area contributed by atoms with Gasteiger partial charge in [-0.1, -0.05) is 30.3 Å². The summed E-state index contributed by atoms with van der Waals surface area (Å²) in [7, 11) is 1.63. The van der Waals surface area contributed by atoms with E-state index in [-0.39, 0.29) is 18.2 Å². The van der Waals surface area contributed by atoms with Crippen LogP contribution in [0, 0.1) is 0 Å². The van der Waals surface area contributed by atoms with Crippen LogP contribution in [0.4, 0.5) is 5.69 Å². The van der Waals surface area contributed by atoms with E-state index in [1.54, 1.807) is 38.2 Å². The van der Waals surface area contributed by atoms with Gasteiger partial charge in [0.15, 0.2) is 5.11 Å². The highest BCUT2D eigenvalue weighted by molar-refractivity contribution is 7.80. The Bertz CT molecular complexity index is 963. The van der Waals surface area contributed by atoms with Crippen molar-refractivity contribution in [2.45, 2.75) is 25.8 Å². The normalized spacial score (nSPS) is 15.9. The van der Waals surface area contributed by atoms with Crippen LogP contribution in [0.2, 0.25) is 0 Å². The van der Waals surface area contributed by atoms with Crippen molar-refractivity contribution in [1.29, 1.82) is 0 Å². The van der Waals surface area contributed by atoms with Gasteiger partial charge in [0.05, 0.1) is 18.6 Å². The predicted octanol–water partition coefficient (Wildman–Crippen LogP) is 2.86. The molecule has 1 N–H and O–H groups in total. The van der Waals surface area contributed by atoms with E-state index in [9.17, 15) is 14.4 Å². The van der Waals surface area contributed by atoms with Gasteiger partial charge < -0.3 is 15.0 Å². The first-order valence-electron chi connectivity index (χ1n) is 10.1. The number of anilines is 1. The lowest BCUT2D eigenvalue weighted by Gasteiger charge is -2.23. The van der Waals surface area contributed by atoms with Gasteiger partial charge in [-0.3, -0.25) is 14.5 Å². The zero-order valence-corrected chi connectivity index (χ0v) is 18.4. The van der Waals surface area contributed by atoms with E-state index in [4.69, 9.17) is 17.0 Å². The van der Waals surface area contributed by atoms with Crippen LogP contribution >= 0.6 is 12.2 Å². The number of nitrogens with zero attached hydrogens (tertiary/aromatic N) is 2. The predicted molar refractivity (Wildman–Crippen MR) is 122 cm³/mol. The Hall–Kier alpha value is -3.26. The fourth-order valence-electron chi connectivity index (χ4n) is 3.41. The molecule has 2 aromatic rings. The average Bonchev–Trinajstić information content (AvgIpc) is 2.97. The third kappa shape index (κ3) is 5.46. The summed E-state index contributed by atoms with van der Waals surface area (Å²) in [6, 6.07) is 15.7. The molecule has 2 amide bonds. The van der Waals surface area contributed by atoms with Crippen LogP contribution in [0.5, 0.6) is 0 Å². The van der Waals surface area contributed by atoms with Crippen molar-refractivity contribution in [2.24, 2.45) is 0 Å². The molecule has 0 aliphatic carbocycles. The Morgan fingerprint density at radius 3 is 2.42 bits per heavy atom. The maximum Gasteiger partial charge on any atom is 0.338 e. The second-order valence-electron chi connectivity index (χ2n) is 7.17. The quantitative estimate of drug-likeness (QED) is 0.503. The zero-order valence-electron chi connectivity index (χ0n) is 17.5. The van der Waals surface area contributed by atoms with Gasteiger partial charge in [0.25, 0.3) is 5.91 Å². The molecule has 1 heterocycles. The molecule has 0 unspecified atom stereocenters. The summed E-state index contributed by atoms with van der Waals surface area (Å²) in [6.07, 6.45) is 0.702. The van der Waals surface area contributed by atoms with E-state index in [0.29, 0.717) is 29.5 Å². The van der Waals surface area contributed by atoms with Gasteiger partial charge in [-0.25, -0.2) is 4.79 Å². The Kier molecular flexibility index (Phi) is 7.36. The number of benzene rings is 2. The molecule has 1 fully saturated rings. The summed E-state index contributed by atoms with van der Waals surface area (Å²) in [5.41, 5.74) is 2.08. The number of hydrogen-bond donors (Lipinski definition) is 1. The summed E-state index contributed by atoms with van der Waals surface area (Å²) >= 11 is 5.43. The van der Waals surface area contributed by atoms with Crippen molar-refractivity contribution in [3.63, 3.8) is 0 Å². The molecule has 0 bridgehead atoms. The lowest BCUT2D eigenvalue weighted by molar-refractivity contribution is -0.130. The number of amides is 2. The van der Waals surface area contributed by atoms with Gasteiger partial charge >= 0.3 is 5.97 Å². The van der Waals surface area contributed by atoms with Crippen LogP contribution in [0.25, 0.3) is 0 Å². The van der Waals surface area contributed by atoms with Gasteiger partial charge in [0, 0.05) is 19.3 Å². The van der Waals surface area contributed by atoms with Crippen LogP contribution in [0.3, 0.4) is 0 Å². The van der Waals surface area contributed by atoms with E-state index in [2.05, 4.69) is 5.32 Å². The molecule has 162 valence electrons. The maximum atomic E-state index is 12.7. The molecule has 7 nitrogen and oxygen atoms in total. The molecule has 8 heteroatoms. The average molecular weight is 440 g/mol. The molecule has 1 aliphatic rings. The number of ether oxygens (including phenoxy) is 1. The minimum atomic E-state index is -0.639. The van der Waals surface area contributed by atoms with Gasteiger partial charge in [-0.2, -0.15) is 0 Å². The van der Waals surface area contributed by atoms with Crippen molar-refractivity contribution in [3.8, 4) is 0 Å². The minimum Gasteiger partial charge on any atom is -0.462 e. The number of rotatable bonds is 8. The summed E-state index contributed by atoms with van der Waals surface area (Å²) in [5, 5.41) is 3.21. The number of thiocarbonyl (C=S) groups is 1. The lowest BCUT2D eigenvalue weighted by atomic mass is 10.1. The molecule has 1 atom stereocenters. The van der Waals surface area contributed by atoms with Crippen LogP contribution in [0.1, 0.15) is 29.3 Å². The summed E-state index contributed by atoms with van der Waals surface area (Å²) in [4.78, 5) is 40.3. The second-order valence-corrected chi connectivity index (χ2v) is 7.54. The fraction of sp³-hybridized carbons (Fsp3) is 0.304. The van der Waals surface area contributed by atoms with Crippen LogP contribution in [-0.4, -0.2) is 58.9 Å². The van der Waals surface area contributed by atoms with E-state index in [1.165, 1.54) is 4.90 Å². The largest absolute Gasteiger partial charge is 0.462 e. The topological polar surface area (TPSA) is 78.9 Å². The van der Waals surface area contributed by atoms with E-state index < -0.39 is 12.0 Å². The van der Waals surface area contributed by atoms with E-state index in [1.807, 2.05) is 35.2 Å². The number of nitrogens with one attached hydrogen (secondary N) is 1. The highest BCUT2D eigenvalue weighted by atomic mass is 32.1. The molecule has 1 saturated heterocycles. The van der Waals surface area contributed by atoms with Crippen molar-refractivity contribution >= 4 is 40.8 Å². The van der Waals surface area contributed by atoms with Gasteiger partial charge in [0.1, 0.15) is 6.04 Å². The highest BCUT2D eigenvalue weighted by Gasteiger charge is 2.41. The Morgan fingerprint density at radius 2 is 1.77 bits per heavy atom. The molecule has 2 aromatic carbocycles. The van der Waals surface area contributed by atoms with Crippen molar-refractivity contribution in [3.05, 3.63) is 65.7 Å². The smallest absolute Gasteiger partial charge is 0.338 e. The number of esters is 1. The third-order valence-corrected chi connectivity index (χ3v) is 5.58. The van der Waals surface area contributed by atoms with E-state index in [0.717, 1.165) is 12.0 Å². The first-order valence-corrected chi connectivity index (χ1v) is 10.5. The van der Waals surface area contributed by atoms with Crippen molar-refractivity contribution in [2.75, 3.05) is 25.5 Å². The van der Waals surface area contributed by atoms with Gasteiger partial charge in [0.2, 0.25) is 5.91 Å². The molecule has 0 aromatic heterocycles. The molecule has 0 radical (unpaired) electrons. The van der Waals surface area contributed by atoms with Gasteiger partial charge in [-0.15, -0.1) is 0 Å². The van der Waals surface area contributed by atoms with Crippen LogP contribution < -0.4 is 5.32 Å². The first-order chi connectivity index (χ1) is 14.9.